The lowest BCUT2D eigenvalue weighted by atomic mass is 9.90. The maximum Gasteiger partial charge on any atom is 0.425 e. The van der Waals surface area contributed by atoms with Crippen LogP contribution >= 0.6 is 11.6 Å². The molecule has 3 nitrogen and oxygen atoms in total. The molecule has 0 aromatic heterocycles. The molecule has 24 heavy (non-hydrogen) atoms. The molecular weight excluding hydrogens is 343 g/mol. The summed E-state index contributed by atoms with van der Waals surface area (Å²) < 4.78 is 47.6. The van der Waals surface area contributed by atoms with E-state index in [4.69, 9.17) is 16.3 Å². The smallest absolute Gasteiger partial charge is 0.339 e. The summed E-state index contributed by atoms with van der Waals surface area (Å²) in [7, 11) is 0. The molecule has 1 fully saturated rings. The molecule has 1 aliphatic heterocycles. The summed E-state index contributed by atoms with van der Waals surface area (Å²) in [5.74, 6) is -0.607. The molecule has 0 unspecified atom stereocenters. The van der Waals surface area contributed by atoms with Crippen molar-refractivity contribution in [3.63, 3.8) is 0 Å². The topological polar surface area (TPSA) is 38.3 Å². The lowest BCUT2D eigenvalue weighted by Crippen LogP contribution is -2.45. The quantitative estimate of drug-likeness (QED) is 0.804. The molecule has 7 heteroatoms. The number of hydrogen-bond acceptors (Lipinski definition) is 2. The van der Waals surface area contributed by atoms with Gasteiger partial charge in [-0.1, -0.05) is 30.3 Å². The number of amides is 1. The zero-order valence-electron chi connectivity index (χ0n) is 12.6. The average molecular weight is 358 g/mol. The van der Waals surface area contributed by atoms with Gasteiger partial charge in [0.05, 0.1) is 0 Å². The van der Waals surface area contributed by atoms with Gasteiger partial charge in [-0.15, -0.1) is 0 Å². The summed E-state index contributed by atoms with van der Waals surface area (Å²) in [6.07, 6.45) is -1.00. The van der Waals surface area contributed by atoms with Crippen LogP contribution in [0.25, 0.3) is 0 Å². The number of allylic oxidation sites excluding steroid dienone is 1. The number of hydrogen-bond donors (Lipinski definition) is 1. The van der Waals surface area contributed by atoms with Gasteiger partial charge in [-0.05, 0) is 43.0 Å². The number of carbonyl (C=O) groups is 1. The van der Waals surface area contributed by atoms with Gasteiger partial charge in [-0.2, -0.15) is 13.2 Å². The summed E-state index contributed by atoms with van der Waals surface area (Å²) in [4.78, 5) is 12.1. The molecule has 1 N–H and O–H groups in total. The average Bonchev–Trinajstić information content (AvgIpc) is 3.32. The zero-order valence-corrected chi connectivity index (χ0v) is 13.3. The predicted molar refractivity (Wildman–Crippen MR) is 84.7 cm³/mol. The standard InChI is InChI=1S/C17H15ClF3NO2/c1-2-14-15(23)22-13-6-5-11(18)9-12(13)16(24-14,17(19,20)21)8-7-10-3-4-10/h2,5-10,14H,1,3-4H2,(H,22,23)/b8-7+/t14-,16-/m0/s1. The molecule has 3 rings (SSSR count). The van der Waals surface area contributed by atoms with E-state index in [2.05, 4.69) is 11.9 Å². The van der Waals surface area contributed by atoms with Gasteiger partial charge in [0.1, 0.15) is 0 Å². The molecule has 1 aliphatic carbocycles. The minimum absolute atomic E-state index is 0.0199. The van der Waals surface area contributed by atoms with Gasteiger partial charge in [-0.25, -0.2) is 0 Å². The van der Waals surface area contributed by atoms with Crippen molar-refractivity contribution in [3.8, 4) is 0 Å². The highest BCUT2D eigenvalue weighted by Crippen LogP contribution is 2.49. The van der Waals surface area contributed by atoms with E-state index in [-0.39, 0.29) is 22.2 Å². The number of carbonyl (C=O) groups excluding carboxylic acids is 1. The Labute approximate surface area is 142 Å². The van der Waals surface area contributed by atoms with Crippen LogP contribution < -0.4 is 5.32 Å². The molecular formula is C17H15ClF3NO2. The van der Waals surface area contributed by atoms with Crippen LogP contribution in [0, 0.1) is 5.92 Å². The summed E-state index contributed by atoms with van der Waals surface area (Å²) in [5, 5.41) is 2.58. The third-order valence-corrected chi connectivity index (χ3v) is 4.31. The molecule has 1 saturated carbocycles. The minimum atomic E-state index is -4.79. The van der Waals surface area contributed by atoms with E-state index < -0.39 is 23.8 Å². The fraction of sp³-hybridized carbons (Fsp3) is 0.353. The Hall–Kier alpha value is -1.79. The molecule has 1 aromatic carbocycles. The number of fused-ring (bicyclic) bond motifs is 1. The molecule has 1 heterocycles. The van der Waals surface area contributed by atoms with Crippen molar-refractivity contribution >= 4 is 23.2 Å². The van der Waals surface area contributed by atoms with Gasteiger partial charge in [0, 0.05) is 16.3 Å². The summed E-state index contributed by atoms with van der Waals surface area (Å²) >= 11 is 5.91. The lowest BCUT2D eigenvalue weighted by molar-refractivity contribution is -0.268. The number of benzene rings is 1. The highest BCUT2D eigenvalue weighted by Gasteiger charge is 2.59. The van der Waals surface area contributed by atoms with Gasteiger partial charge in [0.15, 0.2) is 6.10 Å². The summed E-state index contributed by atoms with van der Waals surface area (Å²) in [6.45, 7) is 3.41. The third kappa shape index (κ3) is 2.96. The summed E-state index contributed by atoms with van der Waals surface area (Å²) in [6, 6.07) is 3.93. The Bertz CT molecular complexity index is 712. The Kier molecular flexibility index (Phi) is 4.21. The first-order chi connectivity index (χ1) is 11.3. The number of nitrogens with one attached hydrogen (secondary N) is 1. The van der Waals surface area contributed by atoms with Crippen LogP contribution in [0.3, 0.4) is 0 Å². The van der Waals surface area contributed by atoms with Crippen molar-refractivity contribution in [2.45, 2.75) is 30.7 Å². The normalized spacial score (nSPS) is 27.5. The second-order valence-corrected chi connectivity index (χ2v) is 6.32. The SMILES string of the molecule is C=C[C@@H]1O[C@](/C=C/C2CC2)(C(F)(F)F)c2cc(Cl)ccc2NC1=O. The molecule has 0 saturated heterocycles. The Morgan fingerprint density at radius 2 is 2.08 bits per heavy atom. The van der Waals surface area contributed by atoms with Crippen molar-refractivity contribution in [2.24, 2.45) is 5.92 Å². The Morgan fingerprint density at radius 1 is 1.38 bits per heavy atom. The Balaban J connectivity index is 2.24. The number of ether oxygens (including phenoxy) is 1. The maximum absolute atomic E-state index is 14.1. The first-order valence-electron chi connectivity index (χ1n) is 7.44. The zero-order chi connectivity index (χ0) is 17.5. The highest BCUT2D eigenvalue weighted by molar-refractivity contribution is 6.30. The predicted octanol–water partition coefficient (Wildman–Crippen LogP) is 4.59. The molecule has 1 aromatic rings. The molecule has 0 bridgehead atoms. The fourth-order valence-corrected chi connectivity index (χ4v) is 2.78. The first kappa shape index (κ1) is 17.0. The van der Waals surface area contributed by atoms with Crippen LogP contribution in [-0.2, 0) is 15.1 Å². The van der Waals surface area contributed by atoms with E-state index in [1.807, 2.05) is 0 Å². The van der Waals surface area contributed by atoms with Crippen LogP contribution in [0.2, 0.25) is 5.02 Å². The van der Waals surface area contributed by atoms with Crippen LogP contribution in [0.4, 0.5) is 18.9 Å². The Morgan fingerprint density at radius 3 is 2.67 bits per heavy atom. The van der Waals surface area contributed by atoms with Crippen molar-refractivity contribution in [1.82, 2.24) is 0 Å². The third-order valence-electron chi connectivity index (χ3n) is 4.07. The van der Waals surface area contributed by atoms with E-state index in [1.165, 1.54) is 24.3 Å². The monoisotopic (exact) mass is 357 g/mol. The van der Waals surface area contributed by atoms with E-state index in [0.717, 1.165) is 25.0 Å². The second-order valence-electron chi connectivity index (χ2n) is 5.88. The van der Waals surface area contributed by atoms with E-state index in [0.29, 0.717) is 0 Å². The molecule has 1 amide bonds. The second kappa shape index (κ2) is 5.93. The fourth-order valence-electron chi connectivity index (χ4n) is 2.61. The van der Waals surface area contributed by atoms with Crippen LogP contribution in [0.1, 0.15) is 18.4 Å². The highest BCUT2D eigenvalue weighted by atomic mass is 35.5. The first-order valence-corrected chi connectivity index (χ1v) is 7.82. The molecule has 2 aliphatic rings. The van der Waals surface area contributed by atoms with Crippen molar-refractivity contribution in [2.75, 3.05) is 5.32 Å². The van der Waals surface area contributed by atoms with Gasteiger partial charge < -0.3 is 10.1 Å². The van der Waals surface area contributed by atoms with Crippen molar-refractivity contribution < 1.29 is 22.7 Å². The number of anilines is 1. The molecule has 128 valence electrons. The number of halogens is 4. The van der Waals surface area contributed by atoms with Crippen molar-refractivity contribution in [1.29, 1.82) is 0 Å². The molecule has 2 atom stereocenters. The van der Waals surface area contributed by atoms with E-state index in [9.17, 15) is 18.0 Å². The van der Waals surface area contributed by atoms with Crippen LogP contribution in [0.15, 0.2) is 43.0 Å². The van der Waals surface area contributed by atoms with E-state index in [1.54, 1.807) is 0 Å². The molecule has 0 spiro atoms. The van der Waals surface area contributed by atoms with Gasteiger partial charge in [0.2, 0.25) is 5.60 Å². The van der Waals surface area contributed by atoms with Crippen LogP contribution in [-0.4, -0.2) is 18.2 Å². The van der Waals surface area contributed by atoms with Crippen molar-refractivity contribution in [3.05, 3.63) is 53.6 Å². The van der Waals surface area contributed by atoms with Crippen LogP contribution in [0.5, 0.6) is 0 Å². The maximum atomic E-state index is 14.1. The number of alkyl halides is 3. The van der Waals surface area contributed by atoms with E-state index >= 15 is 0 Å². The van der Waals surface area contributed by atoms with Gasteiger partial charge in [0.25, 0.3) is 5.91 Å². The minimum Gasteiger partial charge on any atom is -0.339 e. The summed E-state index contributed by atoms with van der Waals surface area (Å²) in [5.41, 5.74) is -2.99. The lowest BCUT2D eigenvalue weighted by Gasteiger charge is -2.34. The van der Waals surface area contributed by atoms with Gasteiger partial charge in [-0.3, -0.25) is 4.79 Å². The van der Waals surface area contributed by atoms with Gasteiger partial charge >= 0.3 is 6.18 Å². The number of rotatable bonds is 3. The largest absolute Gasteiger partial charge is 0.425 e. The molecule has 0 radical (unpaired) electrons.